The Labute approximate surface area is 566 Å². The molecule has 0 bridgehead atoms. The van der Waals surface area contributed by atoms with Crippen molar-refractivity contribution >= 4 is 119 Å². The lowest BCUT2D eigenvalue weighted by atomic mass is 9.75. The van der Waals surface area contributed by atoms with E-state index < -0.39 is 35.6 Å². The lowest BCUT2D eigenvalue weighted by Crippen LogP contribution is -2.41. The quantitative estimate of drug-likeness (QED) is 0.0679. The molecule has 0 atom stereocenters. The van der Waals surface area contributed by atoms with Gasteiger partial charge in [0.15, 0.2) is 0 Å². The fourth-order valence-corrected chi connectivity index (χ4v) is 12.7. The van der Waals surface area contributed by atoms with Gasteiger partial charge in [-0.1, -0.05) is 216 Å². The second-order valence-electron chi connectivity index (χ2n) is 26.2. The average Bonchev–Trinajstić information content (AvgIpc) is 1.61. The number of hydrogen-bond acceptors (Lipinski definition) is 14. The molecule has 10 aromatic carbocycles. The number of aromatic nitrogens is 1. The maximum atomic E-state index is 9.47. The molecule has 97 heavy (non-hydrogen) atoms. The van der Waals surface area contributed by atoms with Crippen LogP contribution in [-0.4, -0.2) is 109 Å². The third kappa shape index (κ3) is 14.5. The van der Waals surface area contributed by atoms with Crippen molar-refractivity contribution in [3.05, 3.63) is 271 Å². The average molecular weight is 1290 g/mol. The fraction of sp³-hybridized carbons (Fsp3) is 0.158. The summed E-state index contributed by atoms with van der Waals surface area (Å²) >= 11 is 0. The number of rotatable bonds is 7. The molecule has 21 heteroatoms. The van der Waals surface area contributed by atoms with Crippen molar-refractivity contribution in [2.75, 3.05) is 0 Å². The molecule has 10 N–H and O–H groups in total. The summed E-state index contributed by atoms with van der Waals surface area (Å²) in [5.41, 5.74) is 17.3. The highest BCUT2D eigenvalue weighted by molar-refractivity contribution is 6.62. The molecule has 16 rings (SSSR count). The molecule has 0 spiro atoms. The molecule has 0 unspecified atom stereocenters. The van der Waals surface area contributed by atoms with Crippen molar-refractivity contribution in [2.45, 2.75) is 77.4 Å². The topological polar surface area (TPSA) is 252 Å². The number of hydrogen-bond donors (Lipinski definition) is 10. The zero-order valence-electron chi connectivity index (χ0n) is 55.2. The maximum absolute atomic E-state index is 9.47. The van der Waals surface area contributed by atoms with Crippen LogP contribution in [0.2, 0.25) is 0 Å². The summed E-state index contributed by atoms with van der Waals surface area (Å²) in [5, 5.41) is 95.2. The third-order valence-corrected chi connectivity index (χ3v) is 18.7. The highest BCUT2D eigenvalue weighted by atomic mass is 16.7. The molecule has 3 aromatic heterocycles. The van der Waals surface area contributed by atoms with Crippen LogP contribution < -0.4 is 32.8 Å². The van der Waals surface area contributed by atoms with Gasteiger partial charge in [0.25, 0.3) is 0 Å². The van der Waals surface area contributed by atoms with Crippen molar-refractivity contribution < 1.29 is 68.4 Å². The Morgan fingerprint density at radius 3 is 1.39 bits per heavy atom. The minimum atomic E-state index is -1.47. The highest BCUT2D eigenvalue weighted by Crippen LogP contribution is 2.49. The van der Waals surface area contributed by atoms with Crippen LogP contribution in [0.25, 0.3) is 71.7 Å². The lowest BCUT2D eigenvalue weighted by molar-refractivity contribution is 0.00578. The smallest absolute Gasteiger partial charge is 0.464 e. The zero-order chi connectivity index (χ0) is 69.1. The van der Waals surface area contributed by atoms with Gasteiger partial charge in [0.2, 0.25) is 0 Å². The standard InChI is InChI=1S/C18H14BNO2.2C15H15BO2.C14H17BO3.C8H7BO3.C6H7BO2/c21-19(22)13-10-11-16-15-8-4-5-9-17(15)20(18(16)12-13)14-6-2-1-3-7-14;1-15(2)13-6-4-3-5-11(13)12-9-10(16(17)18)7-8-14(12)15;1-15(2)13-6-4-3-5-11(13)12-8-7-10(16(17)18)9-14(12)15;1-13(2)14(3,4)18-15(17-13)11-6-5-10-7-8-16-12(10)9-11;10-9(11)7-1-2-8-6(5-7)3-4-12-8;8-7(9)6-4-2-1-3-5-6/h1-12,21-22H;2*3-9,17-18H,1-2H3;5-9H,1-4H3;1-5,10-11H;1-5,8-9H. The van der Waals surface area contributed by atoms with Crippen molar-refractivity contribution in [2.24, 2.45) is 0 Å². The molecule has 0 saturated carbocycles. The summed E-state index contributed by atoms with van der Waals surface area (Å²) in [5.74, 6) is 0. The first-order chi connectivity index (χ1) is 46.2. The zero-order valence-corrected chi connectivity index (χ0v) is 55.2. The van der Waals surface area contributed by atoms with Crippen molar-refractivity contribution in [3.63, 3.8) is 0 Å². The Morgan fingerprint density at radius 2 is 0.773 bits per heavy atom. The molecular weight excluding hydrogens is 1220 g/mol. The van der Waals surface area contributed by atoms with Crippen LogP contribution in [0, 0.1) is 0 Å². The Hall–Kier alpha value is -9.01. The molecule has 0 radical (unpaired) electrons. The molecule has 2 aliphatic carbocycles. The van der Waals surface area contributed by atoms with Gasteiger partial charge in [-0.3, -0.25) is 0 Å². The van der Waals surface area contributed by atoms with Crippen molar-refractivity contribution in [3.8, 4) is 27.9 Å². The minimum Gasteiger partial charge on any atom is -0.464 e. The van der Waals surface area contributed by atoms with E-state index in [0.29, 0.717) is 27.3 Å². The first-order valence-corrected chi connectivity index (χ1v) is 32.0. The van der Waals surface area contributed by atoms with Crippen LogP contribution >= 0.6 is 0 Å². The van der Waals surface area contributed by atoms with Gasteiger partial charge < -0.3 is 73.0 Å². The van der Waals surface area contributed by atoms with Crippen LogP contribution in [0.5, 0.6) is 0 Å². The fourth-order valence-electron chi connectivity index (χ4n) is 12.7. The van der Waals surface area contributed by atoms with Gasteiger partial charge in [-0.2, -0.15) is 0 Å². The van der Waals surface area contributed by atoms with E-state index in [-0.39, 0.29) is 29.2 Å². The molecule has 1 aliphatic heterocycles. The Balaban J connectivity index is 0.000000120. The molecule has 13 aromatic rings. The van der Waals surface area contributed by atoms with E-state index in [1.54, 1.807) is 79.3 Å². The van der Waals surface area contributed by atoms with Gasteiger partial charge in [-0.05, 0) is 154 Å². The van der Waals surface area contributed by atoms with Gasteiger partial charge >= 0.3 is 42.7 Å². The van der Waals surface area contributed by atoms with Gasteiger partial charge in [0.05, 0.1) is 34.8 Å². The molecule has 1 fully saturated rings. The van der Waals surface area contributed by atoms with Gasteiger partial charge in [0.1, 0.15) is 11.2 Å². The monoisotopic (exact) mass is 1290 g/mol. The molecule has 4 heterocycles. The molecule has 486 valence electrons. The van der Waals surface area contributed by atoms with Crippen LogP contribution in [-0.2, 0) is 20.1 Å². The molecule has 3 aliphatic rings. The summed E-state index contributed by atoms with van der Waals surface area (Å²) in [6.07, 6.45) is 3.26. The van der Waals surface area contributed by atoms with E-state index in [4.69, 9.17) is 38.2 Å². The normalized spacial score (nSPS) is 14.3. The third-order valence-electron chi connectivity index (χ3n) is 18.7. The van der Waals surface area contributed by atoms with Crippen LogP contribution in [0.3, 0.4) is 0 Å². The summed E-state index contributed by atoms with van der Waals surface area (Å²) in [4.78, 5) is 0. The largest absolute Gasteiger partial charge is 0.494 e. The Kier molecular flexibility index (Phi) is 20.4. The molecular formula is C76H75B6NO14. The molecule has 0 amide bonds. The summed E-state index contributed by atoms with van der Waals surface area (Å²) in [6.45, 7) is 17.0. The predicted molar refractivity (Wildman–Crippen MR) is 393 cm³/mol. The van der Waals surface area contributed by atoms with Crippen molar-refractivity contribution in [1.82, 2.24) is 4.57 Å². The van der Waals surface area contributed by atoms with Crippen LogP contribution in [0.4, 0.5) is 0 Å². The lowest BCUT2D eigenvalue weighted by Gasteiger charge is -2.32. The van der Waals surface area contributed by atoms with E-state index in [1.807, 2.05) is 133 Å². The molecule has 15 nitrogen and oxygen atoms in total. The van der Waals surface area contributed by atoms with E-state index >= 15 is 0 Å². The van der Waals surface area contributed by atoms with Gasteiger partial charge in [0, 0.05) is 38.1 Å². The summed E-state index contributed by atoms with van der Waals surface area (Å²) in [6, 6.07) is 75.3. The Morgan fingerprint density at radius 1 is 0.320 bits per heavy atom. The summed E-state index contributed by atoms with van der Waals surface area (Å²) in [7, 11) is -7.37. The second-order valence-corrected chi connectivity index (χ2v) is 26.2. The van der Waals surface area contributed by atoms with Gasteiger partial charge in [-0.15, -0.1) is 0 Å². The second kappa shape index (κ2) is 28.6. The number of nitrogens with zero attached hydrogens (tertiary/aromatic N) is 1. The number of para-hydroxylation sites is 2. The Bertz CT molecular complexity index is 4860. The first-order valence-electron chi connectivity index (χ1n) is 32.0. The number of furan rings is 2. The predicted octanol–water partition coefficient (Wildman–Crippen LogP) is 8.02. The van der Waals surface area contributed by atoms with Crippen LogP contribution in [0.15, 0.2) is 258 Å². The molecule has 1 saturated heterocycles. The highest BCUT2D eigenvalue weighted by Gasteiger charge is 2.52. The van der Waals surface area contributed by atoms with E-state index in [0.717, 1.165) is 66.0 Å². The van der Waals surface area contributed by atoms with E-state index in [2.05, 4.69) is 96.4 Å². The maximum Gasteiger partial charge on any atom is 0.494 e. The first kappa shape index (κ1) is 69.3. The van der Waals surface area contributed by atoms with Crippen molar-refractivity contribution in [1.29, 1.82) is 0 Å². The van der Waals surface area contributed by atoms with E-state index in [9.17, 15) is 30.1 Å². The SMILES string of the molecule is CC1(C)OB(c2ccc3ccoc3c2)OC1(C)C.CC1(C)c2ccccc2-c2cc(B(O)O)ccc21.CC1(C)c2ccccc2-c2ccc(B(O)O)cc21.OB(O)c1ccc2c3ccccc3n(-c3ccccc3)c2c1.OB(O)c1ccc2occc2c1.OB(O)c1ccccc1. The van der Waals surface area contributed by atoms with Crippen LogP contribution in [0.1, 0.15) is 77.6 Å². The van der Waals surface area contributed by atoms with Gasteiger partial charge in [-0.25, -0.2) is 0 Å². The number of benzene rings is 10. The van der Waals surface area contributed by atoms with E-state index in [1.165, 1.54) is 33.4 Å². The minimum absolute atomic E-state index is 0.0230. The summed E-state index contributed by atoms with van der Waals surface area (Å²) < 4.78 is 24.7. The number of fused-ring (bicyclic) bond motifs is 11.